The lowest BCUT2D eigenvalue weighted by molar-refractivity contribution is -0.150. The third-order valence-electron chi connectivity index (χ3n) is 4.74. The first-order chi connectivity index (χ1) is 16.8. The minimum Gasteiger partial charge on any atom is -0.477 e. The van der Waals surface area contributed by atoms with Gasteiger partial charge in [-0.15, -0.1) is 39.7 Å². The summed E-state index contributed by atoms with van der Waals surface area (Å²) in [4.78, 5) is 48.9. The molecule has 2 aliphatic rings. The highest BCUT2D eigenvalue weighted by Gasteiger charge is 2.54. The van der Waals surface area contributed by atoms with Crippen LogP contribution >= 0.6 is 34.9 Å². The van der Waals surface area contributed by atoms with Crippen molar-refractivity contribution < 1.29 is 24.3 Å². The number of amides is 2. The number of aromatic nitrogens is 5. The predicted molar refractivity (Wildman–Crippen MR) is 127 cm³/mol. The van der Waals surface area contributed by atoms with Crippen LogP contribution in [0, 0.1) is 12.3 Å². The van der Waals surface area contributed by atoms with Crippen LogP contribution in [0.1, 0.15) is 5.69 Å². The molecular formula is C18H17N9O5S3. The number of carbonyl (C=O) groups excluding carboxylic acids is 2. The minimum atomic E-state index is -1.24. The second-order valence-electron chi connectivity index (χ2n) is 6.91. The van der Waals surface area contributed by atoms with E-state index >= 15 is 0 Å². The maximum absolute atomic E-state index is 12.9. The number of nitrogens with zero attached hydrogens (tertiary/aromatic N) is 7. The van der Waals surface area contributed by atoms with Crippen molar-refractivity contribution in [3.63, 3.8) is 0 Å². The molecule has 0 spiro atoms. The number of carbonyl (C=O) groups is 3. The SMILES string of the molecule is C#CCn1nnc(SCC2=C(C(=O)O)N3C(=O)C(NC(=O)C(=NOC)c4csc(N)n4)[C@H]3SC2)n1. The van der Waals surface area contributed by atoms with Gasteiger partial charge in [-0.1, -0.05) is 22.8 Å². The molecule has 0 saturated carbocycles. The maximum Gasteiger partial charge on any atom is 0.352 e. The molecule has 182 valence electrons. The summed E-state index contributed by atoms with van der Waals surface area (Å²) >= 11 is 3.63. The summed E-state index contributed by atoms with van der Waals surface area (Å²) in [5, 5.41) is 29.4. The molecule has 2 aliphatic heterocycles. The third-order valence-corrected chi connectivity index (χ3v) is 7.67. The van der Waals surface area contributed by atoms with Gasteiger partial charge in [-0.05, 0) is 10.8 Å². The van der Waals surface area contributed by atoms with E-state index in [0.29, 0.717) is 16.5 Å². The summed E-state index contributed by atoms with van der Waals surface area (Å²) in [7, 11) is 1.27. The molecule has 0 bridgehead atoms. The number of anilines is 1. The van der Waals surface area contributed by atoms with E-state index in [1.54, 1.807) is 0 Å². The Hall–Kier alpha value is -3.62. The Morgan fingerprint density at radius 3 is 2.97 bits per heavy atom. The van der Waals surface area contributed by atoms with Crippen LogP contribution in [0.5, 0.6) is 0 Å². The smallest absolute Gasteiger partial charge is 0.352 e. The zero-order valence-corrected chi connectivity index (χ0v) is 20.4. The molecule has 4 heterocycles. The number of rotatable bonds is 9. The molecule has 2 aromatic heterocycles. The highest BCUT2D eigenvalue weighted by atomic mass is 32.2. The summed E-state index contributed by atoms with van der Waals surface area (Å²) < 4.78 is 0. The van der Waals surface area contributed by atoms with Crippen LogP contribution in [-0.2, 0) is 25.8 Å². The van der Waals surface area contributed by atoms with Gasteiger partial charge in [0.05, 0.1) is 0 Å². The topological polar surface area (TPSA) is 191 Å². The zero-order chi connectivity index (χ0) is 25.1. The van der Waals surface area contributed by atoms with Gasteiger partial charge in [0.15, 0.2) is 10.8 Å². The summed E-state index contributed by atoms with van der Waals surface area (Å²) in [6.07, 6.45) is 5.22. The van der Waals surface area contributed by atoms with Gasteiger partial charge in [0.25, 0.3) is 11.8 Å². The molecule has 2 aromatic rings. The van der Waals surface area contributed by atoms with Crippen molar-refractivity contribution in [3.8, 4) is 12.3 Å². The van der Waals surface area contributed by atoms with E-state index < -0.39 is 29.2 Å². The van der Waals surface area contributed by atoms with E-state index in [9.17, 15) is 19.5 Å². The van der Waals surface area contributed by atoms with Gasteiger partial charge < -0.3 is 21.0 Å². The summed E-state index contributed by atoms with van der Waals surface area (Å²) in [6, 6.07) is -0.945. The first-order valence-electron chi connectivity index (χ1n) is 9.71. The van der Waals surface area contributed by atoms with Gasteiger partial charge in [-0.2, -0.15) is 4.80 Å². The van der Waals surface area contributed by atoms with E-state index in [1.165, 1.54) is 45.7 Å². The van der Waals surface area contributed by atoms with Gasteiger partial charge in [0, 0.05) is 16.9 Å². The van der Waals surface area contributed by atoms with Crippen molar-refractivity contribution in [1.82, 2.24) is 35.4 Å². The fourth-order valence-electron chi connectivity index (χ4n) is 3.28. The van der Waals surface area contributed by atoms with Crippen LogP contribution in [-0.4, -0.2) is 88.7 Å². The van der Waals surface area contributed by atoms with Crippen LogP contribution in [0.25, 0.3) is 0 Å². The average Bonchev–Trinajstić information content (AvgIpc) is 3.47. The first-order valence-corrected chi connectivity index (χ1v) is 12.6. The van der Waals surface area contributed by atoms with Gasteiger partial charge in [-0.3, -0.25) is 14.5 Å². The van der Waals surface area contributed by atoms with Gasteiger partial charge in [0.2, 0.25) is 5.16 Å². The molecule has 1 fully saturated rings. The molecule has 4 rings (SSSR count). The molecule has 14 nitrogen and oxygen atoms in total. The molecule has 35 heavy (non-hydrogen) atoms. The van der Waals surface area contributed by atoms with Crippen molar-refractivity contribution in [2.24, 2.45) is 5.16 Å². The molecule has 2 atom stereocenters. The number of tetrazole rings is 1. The molecule has 0 radical (unpaired) electrons. The van der Waals surface area contributed by atoms with Crippen molar-refractivity contribution in [3.05, 3.63) is 22.3 Å². The highest BCUT2D eigenvalue weighted by Crippen LogP contribution is 2.41. The largest absolute Gasteiger partial charge is 0.477 e. The second-order valence-corrected chi connectivity index (χ2v) is 9.84. The number of nitrogens with one attached hydrogen (secondary N) is 1. The Bertz CT molecular complexity index is 1280. The molecule has 1 saturated heterocycles. The number of thiazole rings is 1. The van der Waals surface area contributed by atoms with E-state index in [0.717, 1.165) is 11.3 Å². The Labute approximate surface area is 210 Å². The number of oxime groups is 1. The number of carboxylic acid groups (broad SMARTS) is 1. The number of nitrogens with two attached hydrogens (primary N) is 1. The standard InChI is InChI=1S/C18H17N9O5S3/c1-3-4-26-23-18(22-25-26)35-6-8-5-33-15-11(14(29)27(15)12(8)16(30)31)21-13(28)10(24-32-2)9-7-34-17(19)20-9/h1,7,11,15H,4-6H2,2H3,(H2,19,20)(H,21,28)(H,30,31)/t11?,15-/m1/s1. The Balaban J connectivity index is 1.47. The number of nitrogen functional groups attached to an aromatic ring is 1. The third kappa shape index (κ3) is 4.94. The number of hydrogen-bond donors (Lipinski definition) is 3. The molecule has 1 unspecified atom stereocenters. The van der Waals surface area contributed by atoms with E-state index in [1.807, 2.05) is 0 Å². The number of aliphatic carboxylic acids is 1. The lowest BCUT2D eigenvalue weighted by Crippen LogP contribution is -2.71. The van der Waals surface area contributed by atoms with Crippen LogP contribution in [0.2, 0.25) is 0 Å². The van der Waals surface area contributed by atoms with Gasteiger partial charge in [0.1, 0.15) is 36.5 Å². The number of carboxylic acids is 1. The highest BCUT2D eigenvalue weighted by molar-refractivity contribution is 8.01. The second kappa shape index (κ2) is 10.3. The van der Waals surface area contributed by atoms with Crippen molar-refractivity contribution in [2.75, 3.05) is 24.3 Å². The van der Waals surface area contributed by atoms with E-state index in [2.05, 4.69) is 36.8 Å². The number of thioether (sulfide) groups is 2. The zero-order valence-electron chi connectivity index (χ0n) is 17.9. The normalized spacial score (nSPS) is 19.6. The van der Waals surface area contributed by atoms with E-state index in [-0.39, 0.29) is 34.5 Å². The fourth-order valence-corrected chi connectivity index (χ4v) is 6.09. The Morgan fingerprint density at radius 1 is 1.51 bits per heavy atom. The average molecular weight is 536 g/mol. The van der Waals surface area contributed by atoms with Crippen LogP contribution in [0.15, 0.2) is 27.0 Å². The van der Waals surface area contributed by atoms with Crippen LogP contribution < -0.4 is 11.1 Å². The number of fused-ring (bicyclic) bond motifs is 1. The number of terminal acetylenes is 1. The number of hydrogen-bond acceptors (Lipinski definition) is 13. The predicted octanol–water partition coefficient (Wildman–Crippen LogP) is -0.774. The monoisotopic (exact) mass is 535 g/mol. The van der Waals surface area contributed by atoms with Gasteiger partial charge >= 0.3 is 5.97 Å². The Morgan fingerprint density at radius 2 is 2.31 bits per heavy atom. The lowest BCUT2D eigenvalue weighted by atomic mass is 10.0. The Kier molecular flexibility index (Phi) is 7.23. The van der Waals surface area contributed by atoms with Crippen LogP contribution in [0.3, 0.4) is 0 Å². The minimum absolute atomic E-state index is 0.120. The summed E-state index contributed by atoms with van der Waals surface area (Å²) in [5.41, 5.74) is 6.08. The number of β-lactam (4-membered cyclic amide) rings is 1. The van der Waals surface area contributed by atoms with Crippen molar-refractivity contribution >= 4 is 63.5 Å². The molecule has 0 aromatic carbocycles. The van der Waals surface area contributed by atoms with Crippen LogP contribution in [0.4, 0.5) is 5.13 Å². The van der Waals surface area contributed by atoms with Gasteiger partial charge in [-0.25, -0.2) is 9.78 Å². The fraction of sp³-hybridized carbons (Fsp3) is 0.333. The maximum atomic E-state index is 12.9. The quantitative estimate of drug-likeness (QED) is 0.120. The van der Waals surface area contributed by atoms with Crippen molar-refractivity contribution in [1.29, 1.82) is 0 Å². The van der Waals surface area contributed by atoms with E-state index in [4.69, 9.17) is 17.0 Å². The molecule has 0 aliphatic carbocycles. The molecule has 17 heteroatoms. The molecule has 2 amide bonds. The van der Waals surface area contributed by atoms with Crippen molar-refractivity contribution in [2.45, 2.75) is 23.1 Å². The molecular weight excluding hydrogens is 518 g/mol. The lowest BCUT2D eigenvalue weighted by Gasteiger charge is -2.49. The summed E-state index contributed by atoms with van der Waals surface area (Å²) in [5.74, 6) is 0.465. The molecule has 4 N–H and O–H groups in total. The summed E-state index contributed by atoms with van der Waals surface area (Å²) in [6.45, 7) is 0.163. The first kappa shape index (κ1) is 24.5.